The highest BCUT2D eigenvalue weighted by molar-refractivity contribution is 7.89. The molecule has 0 aliphatic carbocycles. The fraction of sp³-hybridized carbons (Fsp3) is 0.182. The predicted octanol–water partition coefficient (Wildman–Crippen LogP) is 2.18. The molecular formula is C11H11N5O2S2. The van der Waals surface area contributed by atoms with E-state index in [0.29, 0.717) is 17.2 Å². The molecule has 2 N–H and O–H groups in total. The highest BCUT2D eigenvalue weighted by Gasteiger charge is 2.25. The molecule has 0 amide bonds. The molecule has 104 valence electrons. The standard InChI is InChI=1S/C11H11N5O2S2/c1-7(11-12-5-6-13-11)16-20(17,18)9-4-2-3-8-10(9)15-19-14-8/h2-7,16H,1H3,(H,12,13). The summed E-state index contributed by atoms with van der Waals surface area (Å²) in [5, 5.41) is 0. The van der Waals surface area contributed by atoms with Gasteiger partial charge in [-0.1, -0.05) is 6.07 Å². The van der Waals surface area contributed by atoms with Crippen molar-refractivity contribution in [1.82, 2.24) is 14.7 Å². The summed E-state index contributed by atoms with van der Waals surface area (Å²) in [6.07, 6.45) is 3.22. The van der Waals surface area contributed by atoms with Crippen LogP contribution in [0.1, 0.15) is 18.8 Å². The Morgan fingerprint density at radius 3 is 2.95 bits per heavy atom. The van der Waals surface area contributed by atoms with Crippen LogP contribution in [0.15, 0.2) is 44.2 Å². The van der Waals surface area contributed by atoms with Gasteiger partial charge in [-0.05, 0) is 19.1 Å². The van der Waals surface area contributed by atoms with Crippen LogP contribution in [0.3, 0.4) is 0 Å². The second-order valence-electron chi connectivity index (χ2n) is 4.21. The first-order chi connectivity index (χ1) is 9.58. The number of rotatable bonds is 4. The number of nitrogens with one attached hydrogen (secondary N) is 2. The van der Waals surface area contributed by atoms with Gasteiger partial charge < -0.3 is 4.98 Å². The molecular weight excluding hydrogens is 298 g/mol. The Bertz CT molecular complexity index is 807. The Morgan fingerprint density at radius 1 is 1.35 bits per heavy atom. The van der Waals surface area contributed by atoms with Crippen molar-refractivity contribution in [2.45, 2.75) is 17.9 Å². The first-order valence-corrected chi connectivity index (χ1v) is 8.02. The minimum absolute atomic E-state index is 0.127. The zero-order chi connectivity index (χ0) is 14.2. The van der Waals surface area contributed by atoms with Crippen LogP contribution >= 0.6 is 0 Å². The Labute approximate surface area is 119 Å². The van der Waals surface area contributed by atoms with Gasteiger partial charge in [0.15, 0.2) is 0 Å². The van der Waals surface area contributed by atoms with Gasteiger partial charge in [-0.3, -0.25) is 0 Å². The molecule has 9 heteroatoms. The van der Waals surface area contributed by atoms with Crippen LogP contribution in [0.5, 0.6) is 0 Å². The topological polar surface area (TPSA) is 99.6 Å². The van der Waals surface area contributed by atoms with Gasteiger partial charge in [0.05, 0.1) is 17.4 Å². The van der Waals surface area contributed by atoms with Gasteiger partial charge in [0.25, 0.3) is 0 Å². The summed E-state index contributed by atoms with van der Waals surface area (Å²) in [5.41, 5.74) is 0.958. The normalized spacial score (nSPS) is 14.8. The highest BCUT2D eigenvalue weighted by Crippen LogP contribution is 2.37. The van der Waals surface area contributed by atoms with E-state index < -0.39 is 16.1 Å². The van der Waals surface area contributed by atoms with E-state index in [9.17, 15) is 8.42 Å². The maximum Gasteiger partial charge on any atom is 0.243 e. The molecule has 0 spiro atoms. The molecule has 0 saturated carbocycles. The number of aromatic amines is 1. The van der Waals surface area contributed by atoms with Crippen molar-refractivity contribution in [3.8, 4) is 0 Å². The summed E-state index contributed by atoms with van der Waals surface area (Å²) in [7, 11) is -3.69. The van der Waals surface area contributed by atoms with Crippen molar-refractivity contribution in [2.75, 3.05) is 0 Å². The summed E-state index contributed by atoms with van der Waals surface area (Å²) in [6.45, 7) is 1.72. The molecule has 1 aliphatic heterocycles. The minimum Gasteiger partial charge on any atom is -0.347 e. The molecule has 0 radical (unpaired) electrons. The smallest absolute Gasteiger partial charge is 0.243 e. The molecule has 2 aromatic rings. The van der Waals surface area contributed by atoms with E-state index >= 15 is 0 Å². The third kappa shape index (κ3) is 2.30. The molecule has 7 nitrogen and oxygen atoms in total. The molecule has 3 rings (SSSR count). The molecule has 1 aliphatic rings. The number of H-pyrrole nitrogens is 1. The SMILES string of the molecule is CC(NS(=O)(=O)c1cccc2c1N=S=N2)c1ncc[nH]1. The first-order valence-electron chi connectivity index (χ1n) is 5.81. The average Bonchev–Trinajstić information content (AvgIpc) is 3.08. The van der Waals surface area contributed by atoms with Gasteiger partial charge in [-0.15, -0.1) is 0 Å². The zero-order valence-corrected chi connectivity index (χ0v) is 12.1. The van der Waals surface area contributed by atoms with Gasteiger partial charge in [-0.2, -0.15) is 8.73 Å². The van der Waals surface area contributed by atoms with Crippen LogP contribution in [0.2, 0.25) is 0 Å². The average molecular weight is 309 g/mol. The molecule has 0 saturated heterocycles. The molecule has 2 heterocycles. The van der Waals surface area contributed by atoms with E-state index in [1.807, 2.05) is 0 Å². The van der Waals surface area contributed by atoms with E-state index in [1.54, 1.807) is 31.5 Å². The number of aromatic nitrogens is 2. The van der Waals surface area contributed by atoms with Crippen LogP contribution in [-0.4, -0.2) is 18.4 Å². The Kier molecular flexibility index (Phi) is 3.24. The highest BCUT2D eigenvalue weighted by atomic mass is 32.2. The molecule has 0 fully saturated rings. The second-order valence-corrected chi connectivity index (χ2v) is 6.42. The number of nitrogens with zero attached hydrogens (tertiary/aromatic N) is 3. The maximum absolute atomic E-state index is 12.4. The second kappa shape index (κ2) is 4.93. The van der Waals surface area contributed by atoms with Crippen molar-refractivity contribution in [1.29, 1.82) is 0 Å². The fourth-order valence-corrected chi connectivity index (χ4v) is 3.84. The Balaban J connectivity index is 1.94. The quantitative estimate of drug-likeness (QED) is 0.772. The number of imidazole rings is 1. The molecule has 1 atom stereocenters. The van der Waals surface area contributed by atoms with Gasteiger partial charge in [0.2, 0.25) is 10.0 Å². The predicted molar refractivity (Wildman–Crippen MR) is 75.3 cm³/mol. The fourth-order valence-electron chi connectivity index (χ4n) is 1.86. The zero-order valence-electron chi connectivity index (χ0n) is 10.4. The van der Waals surface area contributed by atoms with Gasteiger partial charge >= 0.3 is 0 Å². The summed E-state index contributed by atoms with van der Waals surface area (Å²) in [6, 6.07) is 4.43. The number of fused-ring (bicyclic) bond motifs is 1. The van der Waals surface area contributed by atoms with Gasteiger partial charge in [-0.25, -0.2) is 18.1 Å². The van der Waals surface area contributed by atoms with Crippen molar-refractivity contribution < 1.29 is 8.42 Å². The number of hydrogen-bond acceptors (Lipinski definition) is 5. The lowest BCUT2D eigenvalue weighted by atomic mass is 10.3. The van der Waals surface area contributed by atoms with Crippen molar-refractivity contribution >= 4 is 32.8 Å². The van der Waals surface area contributed by atoms with Crippen LogP contribution in [0.4, 0.5) is 11.4 Å². The van der Waals surface area contributed by atoms with Crippen molar-refractivity contribution in [2.24, 2.45) is 8.73 Å². The van der Waals surface area contributed by atoms with Gasteiger partial charge in [0.1, 0.15) is 22.1 Å². The van der Waals surface area contributed by atoms with E-state index in [2.05, 4.69) is 23.4 Å². The van der Waals surface area contributed by atoms with Crippen LogP contribution < -0.4 is 4.72 Å². The van der Waals surface area contributed by atoms with Crippen molar-refractivity contribution in [3.05, 3.63) is 36.4 Å². The largest absolute Gasteiger partial charge is 0.347 e. The van der Waals surface area contributed by atoms with Crippen LogP contribution in [0, 0.1) is 0 Å². The molecule has 0 bridgehead atoms. The number of sulfonamides is 1. The van der Waals surface area contributed by atoms with E-state index in [4.69, 9.17) is 0 Å². The lowest BCUT2D eigenvalue weighted by Crippen LogP contribution is -2.27. The number of benzene rings is 1. The van der Waals surface area contributed by atoms with Crippen molar-refractivity contribution in [3.63, 3.8) is 0 Å². The Hall–Kier alpha value is -1.84. The van der Waals surface area contributed by atoms with Gasteiger partial charge in [0, 0.05) is 12.4 Å². The monoisotopic (exact) mass is 309 g/mol. The van der Waals surface area contributed by atoms with Crippen LogP contribution in [0.25, 0.3) is 0 Å². The third-order valence-electron chi connectivity index (χ3n) is 2.80. The summed E-state index contributed by atoms with van der Waals surface area (Å²) in [4.78, 5) is 7.04. The lowest BCUT2D eigenvalue weighted by Gasteiger charge is -2.13. The van der Waals surface area contributed by atoms with E-state index in [-0.39, 0.29) is 4.90 Å². The maximum atomic E-state index is 12.4. The third-order valence-corrected chi connectivity index (χ3v) is 4.91. The molecule has 1 aromatic carbocycles. The summed E-state index contributed by atoms with van der Waals surface area (Å²) >= 11 is 0.989. The van der Waals surface area contributed by atoms with Crippen LogP contribution in [-0.2, 0) is 21.4 Å². The number of hydrogen-bond donors (Lipinski definition) is 2. The minimum atomic E-state index is -3.69. The Morgan fingerprint density at radius 2 is 2.20 bits per heavy atom. The lowest BCUT2D eigenvalue weighted by molar-refractivity contribution is 0.561. The van der Waals surface area contributed by atoms with E-state index in [0.717, 1.165) is 11.4 Å². The molecule has 1 unspecified atom stereocenters. The first kappa shape index (κ1) is 13.2. The molecule has 1 aromatic heterocycles. The van der Waals surface area contributed by atoms with E-state index in [1.165, 1.54) is 6.07 Å². The summed E-state index contributed by atoms with van der Waals surface area (Å²) < 4.78 is 35.5. The molecule has 20 heavy (non-hydrogen) atoms. The summed E-state index contributed by atoms with van der Waals surface area (Å²) in [5.74, 6) is 0.553.